The second-order valence-corrected chi connectivity index (χ2v) is 6.22. The van der Waals surface area contributed by atoms with Gasteiger partial charge < -0.3 is 10.1 Å². The maximum Gasteiger partial charge on any atom is 0.254 e. The summed E-state index contributed by atoms with van der Waals surface area (Å²) in [5, 5.41) is 3.06. The molecule has 0 spiro atoms. The van der Waals surface area contributed by atoms with Crippen molar-refractivity contribution in [3.05, 3.63) is 28.4 Å². The number of rotatable bonds is 5. The van der Waals surface area contributed by atoms with Crippen LogP contribution in [0.3, 0.4) is 0 Å². The zero-order valence-corrected chi connectivity index (χ0v) is 13.5. The van der Waals surface area contributed by atoms with Crippen LogP contribution in [0.4, 0.5) is 0 Å². The van der Waals surface area contributed by atoms with Gasteiger partial charge in [0.1, 0.15) is 6.54 Å². The highest BCUT2D eigenvalue weighted by atomic mass is 16.5. The number of ether oxygens (including phenoxy) is 1. The highest BCUT2D eigenvalue weighted by Crippen LogP contribution is 2.29. The Morgan fingerprint density at radius 3 is 2.91 bits per heavy atom. The summed E-state index contributed by atoms with van der Waals surface area (Å²) in [5.74, 6) is 0.961. The van der Waals surface area contributed by atoms with Gasteiger partial charge in [0.25, 0.3) is 5.56 Å². The molecule has 122 valence electrons. The quantitative estimate of drug-likeness (QED) is 0.890. The molecule has 1 aliphatic rings. The summed E-state index contributed by atoms with van der Waals surface area (Å²) in [6, 6.07) is 1.61. The van der Waals surface area contributed by atoms with Gasteiger partial charge in [0, 0.05) is 19.2 Å². The Hall–Kier alpha value is -1.69. The Kier molecular flexibility index (Phi) is 5.71. The molecule has 6 heteroatoms. The van der Waals surface area contributed by atoms with Gasteiger partial charge in [-0.25, -0.2) is 4.98 Å². The lowest BCUT2D eigenvalue weighted by atomic mass is 9.78. The molecule has 1 aliphatic carbocycles. The van der Waals surface area contributed by atoms with Crippen LogP contribution >= 0.6 is 0 Å². The van der Waals surface area contributed by atoms with E-state index in [1.807, 2.05) is 0 Å². The van der Waals surface area contributed by atoms with Crippen molar-refractivity contribution in [1.29, 1.82) is 0 Å². The van der Waals surface area contributed by atoms with E-state index in [-0.39, 0.29) is 24.1 Å². The first-order chi connectivity index (χ1) is 10.5. The van der Waals surface area contributed by atoms with Crippen LogP contribution in [-0.2, 0) is 22.7 Å². The molecule has 0 bridgehead atoms. The smallest absolute Gasteiger partial charge is 0.254 e. The number of amides is 1. The molecule has 1 N–H and O–H groups in total. The largest absolute Gasteiger partial charge is 0.378 e. The van der Waals surface area contributed by atoms with Gasteiger partial charge >= 0.3 is 0 Å². The molecule has 1 aromatic heterocycles. The first kappa shape index (κ1) is 16.7. The number of methoxy groups -OCH3 is 1. The maximum absolute atomic E-state index is 12.2. The number of carbonyl (C=O) groups is 1. The molecule has 22 heavy (non-hydrogen) atoms. The Morgan fingerprint density at radius 2 is 2.23 bits per heavy atom. The topological polar surface area (TPSA) is 73.2 Å². The molecular formula is C16H25N3O3. The van der Waals surface area contributed by atoms with Crippen LogP contribution < -0.4 is 10.9 Å². The van der Waals surface area contributed by atoms with Gasteiger partial charge in [-0.3, -0.25) is 14.2 Å². The molecule has 1 heterocycles. The van der Waals surface area contributed by atoms with Crippen LogP contribution in [0.2, 0.25) is 0 Å². The summed E-state index contributed by atoms with van der Waals surface area (Å²) in [7, 11) is 1.55. The van der Waals surface area contributed by atoms with Crippen molar-refractivity contribution >= 4 is 5.91 Å². The van der Waals surface area contributed by atoms with Crippen molar-refractivity contribution in [1.82, 2.24) is 14.9 Å². The van der Waals surface area contributed by atoms with Crippen molar-refractivity contribution < 1.29 is 9.53 Å². The van der Waals surface area contributed by atoms with Crippen molar-refractivity contribution in [3.63, 3.8) is 0 Å². The molecule has 2 rings (SSSR count). The van der Waals surface area contributed by atoms with Gasteiger partial charge in [0.15, 0.2) is 0 Å². The van der Waals surface area contributed by atoms with Crippen LogP contribution in [0.15, 0.2) is 17.2 Å². The second-order valence-electron chi connectivity index (χ2n) is 6.22. The Labute approximate surface area is 130 Å². The van der Waals surface area contributed by atoms with Crippen LogP contribution in [0.5, 0.6) is 0 Å². The third kappa shape index (κ3) is 4.16. The zero-order chi connectivity index (χ0) is 16.1. The molecule has 1 saturated carbocycles. The Bertz CT molecular complexity index is 570. The molecule has 3 atom stereocenters. The second kappa shape index (κ2) is 7.54. The van der Waals surface area contributed by atoms with Crippen molar-refractivity contribution in [2.45, 2.75) is 52.3 Å². The minimum Gasteiger partial charge on any atom is -0.378 e. The lowest BCUT2D eigenvalue weighted by molar-refractivity contribution is -0.123. The van der Waals surface area contributed by atoms with Crippen LogP contribution in [0, 0.1) is 11.8 Å². The average Bonchev–Trinajstić information content (AvgIpc) is 2.47. The fraction of sp³-hybridized carbons (Fsp3) is 0.688. The first-order valence-corrected chi connectivity index (χ1v) is 7.85. The molecule has 6 nitrogen and oxygen atoms in total. The van der Waals surface area contributed by atoms with E-state index in [4.69, 9.17) is 4.74 Å². The highest BCUT2D eigenvalue weighted by molar-refractivity contribution is 5.76. The Balaban J connectivity index is 1.96. The summed E-state index contributed by atoms with van der Waals surface area (Å²) in [4.78, 5) is 28.2. The van der Waals surface area contributed by atoms with Crippen LogP contribution in [-0.4, -0.2) is 28.6 Å². The van der Waals surface area contributed by atoms with E-state index in [1.54, 1.807) is 7.11 Å². The van der Waals surface area contributed by atoms with E-state index in [9.17, 15) is 9.59 Å². The molecule has 0 aromatic carbocycles. The number of carbonyl (C=O) groups excluding carboxylic acids is 1. The number of hydrogen-bond donors (Lipinski definition) is 1. The molecule has 0 aliphatic heterocycles. The molecule has 1 fully saturated rings. The monoisotopic (exact) mass is 307 g/mol. The van der Waals surface area contributed by atoms with Crippen LogP contribution in [0.1, 0.15) is 38.8 Å². The van der Waals surface area contributed by atoms with E-state index < -0.39 is 0 Å². The SMILES string of the molecule is COCc1cc(=O)n(CC(=O)N[C@@H]2CCC[C@H](C)[C@H]2C)cn1. The fourth-order valence-corrected chi connectivity index (χ4v) is 3.00. The number of nitrogens with one attached hydrogen (secondary N) is 1. The molecule has 0 radical (unpaired) electrons. The van der Waals surface area contributed by atoms with Gasteiger partial charge in [-0.05, 0) is 18.3 Å². The van der Waals surface area contributed by atoms with E-state index >= 15 is 0 Å². The van der Waals surface area contributed by atoms with Crippen molar-refractivity contribution in [2.75, 3.05) is 7.11 Å². The van der Waals surface area contributed by atoms with Gasteiger partial charge in [-0.1, -0.05) is 26.7 Å². The third-order valence-corrected chi connectivity index (χ3v) is 4.60. The molecule has 0 unspecified atom stereocenters. The molecule has 1 aromatic rings. The average molecular weight is 307 g/mol. The molecule has 0 saturated heterocycles. The fourth-order valence-electron chi connectivity index (χ4n) is 3.00. The van der Waals surface area contributed by atoms with E-state index in [2.05, 4.69) is 24.1 Å². The molecule has 1 amide bonds. The van der Waals surface area contributed by atoms with Gasteiger partial charge in [-0.2, -0.15) is 0 Å². The van der Waals surface area contributed by atoms with Gasteiger partial charge in [-0.15, -0.1) is 0 Å². The predicted molar refractivity (Wildman–Crippen MR) is 83.3 cm³/mol. The summed E-state index contributed by atoms with van der Waals surface area (Å²) in [6.07, 6.45) is 4.78. The molecular weight excluding hydrogens is 282 g/mol. The number of nitrogens with zero attached hydrogens (tertiary/aromatic N) is 2. The summed E-state index contributed by atoms with van der Waals surface area (Å²) < 4.78 is 6.26. The van der Waals surface area contributed by atoms with E-state index in [0.717, 1.165) is 12.8 Å². The summed E-state index contributed by atoms with van der Waals surface area (Å²) >= 11 is 0. The zero-order valence-electron chi connectivity index (χ0n) is 13.5. The normalized spacial score (nSPS) is 25.0. The standard InChI is InChI=1S/C16H25N3O3/c1-11-5-4-6-14(12(11)2)18-15(20)8-19-10-17-13(9-22-3)7-16(19)21/h7,10-12,14H,4-6,8-9H2,1-3H3,(H,18,20)/t11-,12+,14+/m0/s1. The number of hydrogen-bond acceptors (Lipinski definition) is 4. The first-order valence-electron chi connectivity index (χ1n) is 7.85. The maximum atomic E-state index is 12.2. The minimum atomic E-state index is -0.234. The van der Waals surface area contributed by atoms with E-state index in [0.29, 0.717) is 24.1 Å². The van der Waals surface area contributed by atoms with E-state index in [1.165, 1.54) is 23.4 Å². The van der Waals surface area contributed by atoms with Crippen molar-refractivity contribution in [3.8, 4) is 0 Å². The van der Waals surface area contributed by atoms with Crippen molar-refractivity contribution in [2.24, 2.45) is 11.8 Å². The van der Waals surface area contributed by atoms with Crippen LogP contribution in [0.25, 0.3) is 0 Å². The number of aromatic nitrogens is 2. The van der Waals surface area contributed by atoms with Gasteiger partial charge in [0.05, 0.1) is 18.6 Å². The predicted octanol–water partition coefficient (Wildman–Crippen LogP) is 1.33. The minimum absolute atomic E-state index is 0.0106. The third-order valence-electron chi connectivity index (χ3n) is 4.60. The Morgan fingerprint density at radius 1 is 1.45 bits per heavy atom. The van der Waals surface area contributed by atoms with Gasteiger partial charge in [0.2, 0.25) is 5.91 Å². The summed E-state index contributed by atoms with van der Waals surface area (Å²) in [6.45, 7) is 4.71. The highest BCUT2D eigenvalue weighted by Gasteiger charge is 2.28. The summed E-state index contributed by atoms with van der Waals surface area (Å²) in [5.41, 5.74) is 0.334. The lowest BCUT2D eigenvalue weighted by Gasteiger charge is -2.34. The lowest BCUT2D eigenvalue weighted by Crippen LogP contribution is -2.45.